The van der Waals surface area contributed by atoms with Gasteiger partial charge in [-0.2, -0.15) is 4.31 Å². The zero-order valence-electron chi connectivity index (χ0n) is 15.9. The Bertz CT molecular complexity index is 1140. The first kappa shape index (κ1) is 19.4. The molecule has 0 radical (unpaired) electrons. The average molecular weight is 407 g/mol. The number of piperazine rings is 1. The van der Waals surface area contributed by atoms with Crippen molar-refractivity contribution >= 4 is 32.8 Å². The number of carbonyl (C=O) groups excluding carboxylic acids is 1. The molecule has 1 fully saturated rings. The van der Waals surface area contributed by atoms with Crippen LogP contribution in [0.2, 0.25) is 0 Å². The molecule has 1 aliphatic heterocycles. The lowest BCUT2D eigenvalue weighted by atomic mass is 10.0. The molecule has 0 atom stereocenters. The van der Waals surface area contributed by atoms with Crippen LogP contribution in [0.15, 0.2) is 78.2 Å². The summed E-state index contributed by atoms with van der Waals surface area (Å²) in [6.07, 6.45) is 1.60. The molecule has 0 bridgehead atoms. The number of fused-ring (bicyclic) bond motifs is 1. The maximum absolute atomic E-state index is 13.0. The minimum atomic E-state index is -3.52. The average Bonchev–Trinajstić information content (AvgIpc) is 2.78. The van der Waals surface area contributed by atoms with E-state index in [-0.39, 0.29) is 19.0 Å². The Kier molecular flexibility index (Phi) is 5.47. The van der Waals surface area contributed by atoms with E-state index in [4.69, 9.17) is 0 Å². The molecule has 0 unspecified atom stereocenters. The van der Waals surface area contributed by atoms with Crippen molar-refractivity contribution in [3.05, 3.63) is 89.3 Å². The molecule has 6 heteroatoms. The summed E-state index contributed by atoms with van der Waals surface area (Å²) in [6, 6.07) is 22.8. The lowest BCUT2D eigenvalue weighted by Crippen LogP contribution is -2.50. The second-order valence-electron chi connectivity index (χ2n) is 6.98. The highest BCUT2D eigenvalue weighted by Gasteiger charge is 2.28. The standard InChI is InChI=1S/C23H22N2O3S/c26-23(22-12-6-10-20-9-4-5-11-21(20)22)24-14-16-25(17-15-24)29(27,28)18-13-19-7-2-1-3-8-19/h1-13,18H,14-17H2. The number of rotatable bonds is 4. The van der Waals surface area contributed by atoms with Gasteiger partial charge in [-0.25, -0.2) is 8.42 Å². The fraction of sp³-hybridized carbons (Fsp3) is 0.174. The molecule has 1 heterocycles. The van der Waals surface area contributed by atoms with Crippen LogP contribution in [0.3, 0.4) is 0 Å². The van der Waals surface area contributed by atoms with Crippen LogP contribution in [-0.2, 0) is 10.0 Å². The van der Waals surface area contributed by atoms with Crippen molar-refractivity contribution in [2.45, 2.75) is 0 Å². The summed E-state index contributed by atoms with van der Waals surface area (Å²) in [7, 11) is -3.52. The predicted molar refractivity (Wildman–Crippen MR) is 116 cm³/mol. The molecule has 0 aromatic heterocycles. The molecule has 0 aliphatic carbocycles. The van der Waals surface area contributed by atoms with E-state index in [1.165, 1.54) is 9.71 Å². The molecule has 1 aliphatic rings. The van der Waals surface area contributed by atoms with Gasteiger partial charge in [-0.15, -0.1) is 0 Å². The van der Waals surface area contributed by atoms with Crippen LogP contribution in [-0.4, -0.2) is 49.7 Å². The fourth-order valence-corrected chi connectivity index (χ4v) is 4.72. The van der Waals surface area contributed by atoms with Gasteiger partial charge in [0.15, 0.2) is 0 Å². The van der Waals surface area contributed by atoms with Gasteiger partial charge in [-0.1, -0.05) is 66.7 Å². The summed E-state index contributed by atoms with van der Waals surface area (Å²) in [5.41, 5.74) is 1.49. The monoisotopic (exact) mass is 406 g/mol. The van der Waals surface area contributed by atoms with Gasteiger partial charge < -0.3 is 4.90 Å². The normalized spacial score (nSPS) is 15.8. The van der Waals surface area contributed by atoms with Gasteiger partial charge in [0, 0.05) is 37.2 Å². The molecule has 29 heavy (non-hydrogen) atoms. The van der Waals surface area contributed by atoms with E-state index in [2.05, 4.69) is 0 Å². The minimum absolute atomic E-state index is 0.0568. The first-order valence-electron chi connectivity index (χ1n) is 9.55. The summed E-state index contributed by atoms with van der Waals surface area (Å²) < 4.78 is 26.7. The van der Waals surface area contributed by atoms with Crippen molar-refractivity contribution in [3.63, 3.8) is 0 Å². The molecule has 0 N–H and O–H groups in total. The quantitative estimate of drug-likeness (QED) is 0.665. The van der Waals surface area contributed by atoms with Crippen molar-refractivity contribution in [1.82, 2.24) is 9.21 Å². The third-order valence-corrected chi connectivity index (χ3v) is 6.70. The predicted octanol–water partition coefficient (Wildman–Crippen LogP) is 3.60. The number of hydrogen-bond donors (Lipinski definition) is 0. The lowest BCUT2D eigenvalue weighted by molar-refractivity contribution is 0.0700. The van der Waals surface area contributed by atoms with Crippen molar-refractivity contribution in [2.24, 2.45) is 0 Å². The number of amides is 1. The van der Waals surface area contributed by atoms with Gasteiger partial charge in [0.25, 0.3) is 5.91 Å². The third kappa shape index (κ3) is 4.23. The fourth-order valence-electron chi connectivity index (χ4n) is 3.54. The van der Waals surface area contributed by atoms with E-state index in [0.717, 1.165) is 16.3 Å². The highest BCUT2D eigenvalue weighted by atomic mass is 32.2. The number of benzene rings is 3. The van der Waals surface area contributed by atoms with Gasteiger partial charge in [0.1, 0.15) is 0 Å². The molecular weight excluding hydrogens is 384 g/mol. The van der Waals surface area contributed by atoms with Crippen molar-refractivity contribution in [2.75, 3.05) is 26.2 Å². The van der Waals surface area contributed by atoms with Gasteiger partial charge in [-0.3, -0.25) is 4.79 Å². The van der Waals surface area contributed by atoms with E-state index >= 15 is 0 Å². The third-order valence-electron chi connectivity index (χ3n) is 5.14. The van der Waals surface area contributed by atoms with Crippen LogP contribution in [0.4, 0.5) is 0 Å². The van der Waals surface area contributed by atoms with Crippen molar-refractivity contribution in [3.8, 4) is 0 Å². The Labute approximate surface area is 170 Å². The maximum atomic E-state index is 13.0. The largest absolute Gasteiger partial charge is 0.336 e. The Balaban J connectivity index is 1.45. The molecular formula is C23H22N2O3S. The zero-order valence-corrected chi connectivity index (χ0v) is 16.8. The first-order valence-corrected chi connectivity index (χ1v) is 11.1. The Morgan fingerprint density at radius 1 is 0.793 bits per heavy atom. The summed E-state index contributed by atoms with van der Waals surface area (Å²) in [4.78, 5) is 14.8. The highest BCUT2D eigenvalue weighted by Crippen LogP contribution is 2.21. The van der Waals surface area contributed by atoms with Crippen LogP contribution < -0.4 is 0 Å². The van der Waals surface area contributed by atoms with Crippen LogP contribution in [0.1, 0.15) is 15.9 Å². The Morgan fingerprint density at radius 3 is 2.21 bits per heavy atom. The van der Waals surface area contributed by atoms with E-state index in [0.29, 0.717) is 18.7 Å². The summed E-state index contributed by atoms with van der Waals surface area (Å²) in [5.74, 6) is -0.0568. The van der Waals surface area contributed by atoms with Crippen molar-refractivity contribution < 1.29 is 13.2 Å². The maximum Gasteiger partial charge on any atom is 0.254 e. The number of nitrogens with zero attached hydrogens (tertiary/aromatic N) is 2. The molecule has 3 aromatic carbocycles. The van der Waals surface area contributed by atoms with E-state index in [9.17, 15) is 13.2 Å². The topological polar surface area (TPSA) is 57.7 Å². The number of sulfonamides is 1. The van der Waals surface area contributed by atoms with E-state index < -0.39 is 10.0 Å². The van der Waals surface area contributed by atoms with Crippen LogP contribution in [0.25, 0.3) is 16.8 Å². The SMILES string of the molecule is O=C(c1cccc2ccccc12)N1CCN(S(=O)(=O)C=Cc2ccccc2)CC1. The van der Waals surface area contributed by atoms with E-state index in [1.54, 1.807) is 11.0 Å². The molecule has 5 nitrogen and oxygen atoms in total. The highest BCUT2D eigenvalue weighted by molar-refractivity contribution is 7.92. The molecule has 3 aromatic rings. The van der Waals surface area contributed by atoms with Gasteiger partial charge >= 0.3 is 0 Å². The molecule has 148 valence electrons. The second kappa shape index (κ2) is 8.19. The molecule has 4 rings (SSSR count). The summed E-state index contributed by atoms with van der Waals surface area (Å²) in [6.45, 7) is 1.33. The summed E-state index contributed by atoms with van der Waals surface area (Å²) in [5, 5.41) is 3.18. The lowest BCUT2D eigenvalue weighted by Gasteiger charge is -2.33. The smallest absolute Gasteiger partial charge is 0.254 e. The molecule has 1 amide bonds. The first-order chi connectivity index (χ1) is 14.0. The van der Waals surface area contributed by atoms with Crippen LogP contribution in [0, 0.1) is 0 Å². The molecule has 1 saturated heterocycles. The van der Waals surface area contributed by atoms with Gasteiger partial charge in [-0.05, 0) is 28.5 Å². The van der Waals surface area contributed by atoms with Gasteiger partial charge in [0.2, 0.25) is 10.0 Å². The molecule has 0 spiro atoms. The second-order valence-corrected chi connectivity index (χ2v) is 8.79. The van der Waals surface area contributed by atoms with Gasteiger partial charge in [0.05, 0.1) is 0 Å². The minimum Gasteiger partial charge on any atom is -0.336 e. The Hall–Kier alpha value is -2.96. The van der Waals surface area contributed by atoms with Crippen LogP contribution in [0.5, 0.6) is 0 Å². The van der Waals surface area contributed by atoms with E-state index in [1.807, 2.05) is 72.8 Å². The molecule has 0 saturated carbocycles. The summed E-state index contributed by atoms with van der Waals surface area (Å²) >= 11 is 0. The number of carbonyl (C=O) groups is 1. The van der Waals surface area contributed by atoms with Crippen LogP contribution >= 0.6 is 0 Å². The van der Waals surface area contributed by atoms with Crippen molar-refractivity contribution in [1.29, 1.82) is 0 Å². The zero-order chi connectivity index (χ0) is 20.3. The number of hydrogen-bond acceptors (Lipinski definition) is 3. The Morgan fingerprint density at radius 2 is 1.45 bits per heavy atom.